The van der Waals surface area contributed by atoms with Crippen LogP contribution < -0.4 is 0 Å². The molecule has 24 heavy (non-hydrogen) atoms. The molecule has 0 bridgehead atoms. The van der Waals surface area contributed by atoms with Crippen LogP contribution in [0.3, 0.4) is 0 Å². The number of aromatic nitrogens is 3. The largest absolute Gasteiger partial charge is 0.336 e. The molecule has 1 aromatic rings. The Morgan fingerprint density at radius 1 is 1.08 bits per heavy atom. The second kappa shape index (κ2) is 6.78. The molecule has 1 saturated carbocycles. The molecule has 1 aromatic heterocycles. The van der Waals surface area contributed by atoms with Crippen molar-refractivity contribution < 1.29 is 9.18 Å². The molecule has 0 radical (unpaired) electrons. The lowest BCUT2D eigenvalue weighted by atomic mass is 9.82. The van der Waals surface area contributed by atoms with Crippen LogP contribution in [0.1, 0.15) is 49.9 Å². The van der Waals surface area contributed by atoms with Crippen LogP contribution in [-0.2, 0) is 24.4 Å². The lowest BCUT2D eigenvalue weighted by Crippen LogP contribution is -2.42. The van der Waals surface area contributed by atoms with Crippen LogP contribution in [0.4, 0.5) is 4.39 Å². The van der Waals surface area contributed by atoms with E-state index >= 15 is 0 Å². The van der Waals surface area contributed by atoms with Gasteiger partial charge >= 0.3 is 0 Å². The summed E-state index contributed by atoms with van der Waals surface area (Å²) in [5, 5.41) is 8.70. The van der Waals surface area contributed by atoms with Gasteiger partial charge in [0.2, 0.25) is 5.91 Å². The topological polar surface area (TPSA) is 54.3 Å². The number of rotatable bonds is 3. The maximum Gasteiger partial charge on any atom is 0.226 e. The summed E-state index contributed by atoms with van der Waals surface area (Å²) in [4.78, 5) is 16.9. The first-order valence-corrected chi connectivity index (χ1v) is 9.27. The van der Waals surface area contributed by atoms with Gasteiger partial charge in [-0.25, -0.2) is 9.07 Å². The van der Waals surface area contributed by atoms with Crippen molar-refractivity contribution in [3.8, 4) is 0 Å². The van der Waals surface area contributed by atoms with Gasteiger partial charge in [-0.05, 0) is 45.2 Å². The zero-order valence-corrected chi connectivity index (χ0v) is 14.2. The van der Waals surface area contributed by atoms with Crippen LogP contribution in [0.25, 0.3) is 0 Å². The Morgan fingerprint density at radius 3 is 2.62 bits per heavy atom. The Morgan fingerprint density at radius 2 is 1.88 bits per heavy atom. The average Bonchev–Trinajstić information content (AvgIpc) is 2.81. The lowest BCUT2D eigenvalue weighted by molar-refractivity contribution is -0.141. The van der Waals surface area contributed by atoms with Gasteiger partial charge in [0.1, 0.15) is 11.9 Å². The molecule has 0 N–H and O–H groups in total. The van der Waals surface area contributed by atoms with Crippen molar-refractivity contribution in [1.29, 1.82) is 0 Å². The molecule has 6 nitrogen and oxygen atoms in total. The Balaban J connectivity index is 1.46. The third-order valence-corrected chi connectivity index (χ3v) is 5.62. The first-order valence-electron chi connectivity index (χ1n) is 9.27. The van der Waals surface area contributed by atoms with E-state index in [1.54, 1.807) is 0 Å². The minimum absolute atomic E-state index is 0.113. The first kappa shape index (κ1) is 16.0. The summed E-state index contributed by atoms with van der Waals surface area (Å²) < 4.78 is 15.1. The van der Waals surface area contributed by atoms with Crippen molar-refractivity contribution in [3.05, 3.63) is 11.4 Å². The number of amides is 1. The third kappa shape index (κ3) is 3.18. The van der Waals surface area contributed by atoms with E-state index in [0.717, 1.165) is 50.5 Å². The zero-order valence-electron chi connectivity index (χ0n) is 14.2. The Hall–Kier alpha value is -1.50. The van der Waals surface area contributed by atoms with Gasteiger partial charge in [-0.2, -0.15) is 0 Å². The number of likely N-dealkylation sites (tertiary alicyclic amines) is 1. The van der Waals surface area contributed by atoms with E-state index < -0.39 is 6.17 Å². The number of carbonyl (C=O) groups is 1. The van der Waals surface area contributed by atoms with E-state index in [1.165, 1.54) is 19.3 Å². The standard InChI is InChI=1S/C17H26FN5O/c18-14-9-13(10-14)17(24)22-7-4-8-23-16(12-22)15(19-20-23)11-21-5-2-1-3-6-21/h13-14H,1-12H2. The van der Waals surface area contributed by atoms with Crippen molar-refractivity contribution in [1.82, 2.24) is 24.8 Å². The van der Waals surface area contributed by atoms with Gasteiger partial charge in [-0.3, -0.25) is 9.69 Å². The lowest BCUT2D eigenvalue weighted by Gasteiger charge is -2.33. The van der Waals surface area contributed by atoms with Crippen LogP contribution in [0.15, 0.2) is 0 Å². The van der Waals surface area contributed by atoms with Crippen molar-refractivity contribution in [2.24, 2.45) is 5.92 Å². The highest BCUT2D eigenvalue weighted by Gasteiger charge is 2.37. The van der Waals surface area contributed by atoms with Gasteiger partial charge in [0.15, 0.2) is 0 Å². The summed E-state index contributed by atoms with van der Waals surface area (Å²) >= 11 is 0. The van der Waals surface area contributed by atoms with E-state index in [4.69, 9.17) is 0 Å². The number of alkyl halides is 1. The summed E-state index contributed by atoms with van der Waals surface area (Å²) in [6, 6.07) is 0. The van der Waals surface area contributed by atoms with E-state index in [-0.39, 0.29) is 11.8 Å². The molecule has 1 aliphatic carbocycles. The molecule has 0 atom stereocenters. The molecule has 3 aliphatic rings. The highest BCUT2D eigenvalue weighted by atomic mass is 19.1. The smallest absolute Gasteiger partial charge is 0.226 e. The number of fused-ring (bicyclic) bond motifs is 1. The summed E-state index contributed by atoms with van der Waals surface area (Å²) in [5.41, 5.74) is 2.08. The summed E-state index contributed by atoms with van der Waals surface area (Å²) in [6.07, 6.45) is 4.71. The summed E-state index contributed by atoms with van der Waals surface area (Å²) in [6.45, 7) is 5.18. The summed E-state index contributed by atoms with van der Waals surface area (Å²) in [5.74, 6) is -0.00422. The Bertz CT molecular complexity index is 592. The third-order valence-electron chi connectivity index (χ3n) is 5.62. The van der Waals surface area contributed by atoms with Crippen molar-refractivity contribution >= 4 is 5.91 Å². The maximum absolute atomic E-state index is 13.1. The second-order valence-corrected chi connectivity index (χ2v) is 7.42. The zero-order chi connectivity index (χ0) is 16.5. The molecule has 7 heteroatoms. The minimum Gasteiger partial charge on any atom is -0.336 e. The average molecular weight is 335 g/mol. The number of halogens is 1. The molecule has 132 valence electrons. The van der Waals surface area contributed by atoms with Crippen LogP contribution >= 0.6 is 0 Å². The predicted octanol–water partition coefficient (Wildman–Crippen LogP) is 1.74. The number of piperidine rings is 1. The van der Waals surface area contributed by atoms with Gasteiger partial charge in [-0.1, -0.05) is 11.6 Å². The molecule has 1 amide bonds. The summed E-state index contributed by atoms with van der Waals surface area (Å²) in [7, 11) is 0. The van der Waals surface area contributed by atoms with Gasteiger partial charge in [0, 0.05) is 25.6 Å². The normalized spacial score (nSPS) is 28.1. The SMILES string of the molecule is O=C(C1CC(F)C1)N1CCCn2nnc(CN3CCCCC3)c2C1. The quantitative estimate of drug-likeness (QED) is 0.844. The maximum atomic E-state index is 13.1. The number of aryl methyl sites for hydroxylation is 1. The number of hydrogen-bond acceptors (Lipinski definition) is 4. The minimum atomic E-state index is -0.784. The predicted molar refractivity (Wildman–Crippen MR) is 86.8 cm³/mol. The second-order valence-electron chi connectivity index (χ2n) is 7.42. The van der Waals surface area contributed by atoms with E-state index in [9.17, 15) is 9.18 Å². The van der Waals surface area contributed by atoms with Crippen molar-refractivity contribution in [2.75, 3.05) is 19.6 Å². The Labute approximate surface area is 142 Å². The molecule has 0 unspecified atom stereocenters. The fourth-order valence-corrected chi connectivity index (χ4v) is 4.04. The van der Waals surface area contributed by atoms with Crippen molar-refractivity contribution in [3.63, 3.8) is 0 Å². The molecule has 0 aromatic carbocycles. The fraction of sp³-hybridized carbons (Fsp3) is 0.824. The van der Waals surface area contributed by atoms with Crippen LogP contribution in [0, 0.1) is 5.92 Å². The number of nitrogens with zero attached hydrogens (tertiary/aromatic N) is 5. The molecule has 4 rings (SSSR count). The molecular weight excluding hydrogens is 309 g/mol. The van der Waals surface area contributed by atoms with Gasteiger partial charge in [0.05, 0.1) is 12.2 Å². The van der Waals surface area contributed by atoms with Gasteiger partial charge in [0.25, 0.3) is 0 Å². The molecular formula is C17H26FN5O. The van der Waals surface area contributed by atoms with Crippen LogP contribution in [0.5, 0.6) is 0 Å². The molecule has 0 spiro atoms. The van der Waals surface area contributed by atoms with Crippen LogP contribution in [0.2, 0.25) is 0 Å². The fourth-order valence-electron chi connectivity index (χ4n) is 4.04. The van der Waals surface area contributed by atoms with E-state index in [2.05, 4.69) is 15.2 Å². The van der Waals surface area contributed by atoms with Crippen molar-refractivity contribution in [2.45, 2.75) is 64.3 Å². The van der Waals surface area contributed by atoms with Crippen LogP contribution in [-0.4, -0.2) is 56.5 Å². The monoisotopic (exact) mass is 335 g/mol. The molecule has 2 fully saturated rings. The Kier molecular flexibility index (Phi) is 4.52. The van der Waals surface area contributed by atoms with E-state index in [1.807, 2.05) is 9.58 Å². The van der Waals surface area contributed by atoms with Gasteiger partial charge in [-0.15, -0.1) is 5.10 Å². The van der Waals surface area contributed by atoms with E-state index in [0.29, 0.717) is 19.4 Å². The molecule has 3 heterocycles. The number of carbonyl (C=O) groups excluding carboxylic acids is 1. The molecule has 1 saturated heterocycles. The first-order chi connectivity index (χ1) is 11.7. The number of hydrogen-bond donors (Lipinski definition) is 0. The van der Waals surface area contributed by atoms with Gasteiger partial charge < -0.3 is 4.90 Å². The molecule has 2 aliphatic heterocycles. The highest BCUT2D eigenvalue weighted by Crippen LogP contribution is 2.32. The highest BCUT2D eigenvalue weighted by molar-refractivity contribution is 5.79.